The van der Waals surface area contributed by atoms with Crippen LogP contribution in [0.3, 0.4) is 0 Å². The molecule has 0 aliphatic heterocycles. The Labute approximate surface area is 211 Å². The fourth-order valence-corrected chi connectivity index (χ4v) is 3.63. The van der Waals surface area contributed by atoms with Crippen LogP contribution >= 0.6 is 15.9 Å². The number of hydrazone groups is 1. The molecule has 0 aliphatic carbocycles. The molecule has 0 aliphatic rings. The minimum atomic E-state index is -0.908. The Hall–Kier alpha value is -3.98. The molecule has 0 spiro atoms. The van der Waals surface area contributed by atoms with Crippen LogP contribution in [0.25, 0.3) is 0 Å². The van der Waals surface area contributed by atoms with Crippen molar-refractivity contribution in [2.75, 3.05) is 17.2 Å². The molecule has 3 aromatic carbocycles. The number of hydrogen-bond donors (Lipinski definition) is 3. The molecule has 0 heterocycles. The Morgan fingerprint density at radius 3 is 2.46 bits per heavy atom. The van der Waals surface area contributed by atoms with Crippen molar-refractivity contribution in [3.8, 4) is 5.75 Å². The Balaban J connectivity index is 1.55. The molecule has 9 heteroatoms. The predicted molar refractivity (Wildman–Crippen MR) is 140 cm³/mol. The van der Waals surface area contributed by atoms with Crippen LogP contribution in [0.15, 0.2) is 76.3 Å². The van der Waals surface area contributed by atoms with Crippen molar-refractivity contribution < 1.29 is 19.1 Å². The SMILES string of the molecule is CCc1ccccc1NC(=O)C(=O)N/N=C\c1ccccc1OCC(=O)Nc1ccc(Br)cc1C. The number of hydrogen-bond acceptors (Lipinski definition) is 5. The molecule has 8 nitrogen and oxygen atoms in total. The molecule has 3 rings (SSSR count). The number of nitrogens with one attached hydrogen (secondary N) is 3. The highest BCUT2D eigenvalue weighted by Crippen LogP contribution is 2.20. The zero-order chi connectivity index (χ0) is 25.2. The summed E-state index contributed by atoms with van der Waals surface area (Å²) >= 11 is 3.39. The van der Waals surface area contributed by atoms with Crippen LogP contribution in [-0.2, 0) is 20.8 Å². The molecule has 0 fully saturated rings. The number of carbonyl (C=O) groups excluding carboxylic acids is 3. The molecule has 0 bridgehead atoms. The van der Waals surface area contributed by atoms with Gasteiger partial charge in [0, 0.05) is 21.4 Å². The third-order valence-electron chi connectivity index (χ3n) is 4.96. The average molecular weight is 537 g/mol. The highest BCUT2D eigenvalue weighted by molar-refractivity contribution is 9.10. The third kappa shape index (κ3) is 7.51. The van der Waals surface area contributed by atoms with E-state index in [9.17, 15) is 14.4 Å². The topological polar surface area (TPSA) is 109 Å². The molecule has 3 amide bonds. The van der Waals surface area contributed by atoms with Crippen LogP contribution in [0.5, 0.6) is 5.75 Å². The number of halogens is 1. The molecule has 35 heavy (non-hydrogen) atoms. The lowest BCUT2D eigenvalue weighted by molar-refractivity contribution is -0.136. The van der Waals surface area contributed by atoms with E-state index < -0.39 is 11.8 Å². The number of nitrogens with zero attached hydrogens (tertiary/aromatic N) is 1. The number of rotatable bonds is 8. The monoisotopic (exact) mass is 536 g/mol. The molecule has 0 unspecified atom stereocenters. The van der Waals surface area contributed by atoms with E-state index >= 15 is 0 Å². The van der Waals surface area contributed by atoms with Crippen LogP contribution in [-0.4, -0.2) is 30.5 Å². The number of aryl methyl sites for hydroxylation is 2. The summed E-state index contributed by atoms with van der Waals surface area (Å²) in [4.78, 5) is 36.7. The highest BCUT2D eigenvalue weighted by atomic mass is 79.9. The van der Waals surface area contributed by atoms with Gasteiger partial charge in [-0.15, -0.1) is 0 Å². The van der Waals surface area contributed by atoms with Gasteiger partial charge in [0.2, 0.25) is 0 Å². The zero-order valence-corrected chi connectivity index (χ0v) is 20.9. The van der Waals surface area contributed by atoms with Crippen molar-refractivity contribution in [1.82, 2.24) is 5.43 Å². The first-order chi connectivity index (χ1) is 16.9. The van der Waals surface area contributed by atoms with Gasteiger partial charge >= 0.3 is 11.8 Å². The third-order valence-corrected chi connectivity index (χ3v) is 5.46. The van der Waals surface area contributed by atoms with Crippen LogP contribution in [0.2, 0.25) is 0 Å². The summed E-state index contributed by atoms with van der Waals surface area (Å²) < 4.78 is 6.56. The number of para-hydroxylation sites is 2. The minimum absolute atomic E-state index is 0.216. The van der Waals surface area contributed by atoms with Gasteiger partial charge in [0.05, 0.1) is 6.21 Å². The first kappa shape index (κ1) is 25.6. The maximum absolute atomic E-state index is 12.3. The molecule has 0 saturated carbocycles. The van der Waals surface area contributed by atoms with Gasteiger partial charge in [-0.2, -0.15) is 5.10 Å². The van der Waals surface area contributed by atoms with Gasteiger partial charge in [-0.05, 0) is 60.9 Å². The number of ether oxygens (including phenoxy) is 1. The number of carbonyl (C=O) groups is 3. The van der Waals surface area contributed by atoms with E-state index in [1.165, 1.54) is 6.21 Å². The Morgan fingerprint density at radius 1 is 0.943 bits per heavy atom. The van der Waals surface area contributed by atoms with E-state index in [0.717, 1.165) is 15.6 Å². The molecule has 3 aromatic rings. The number of anilines is 2. The summed E-state index contributed by atoms with van der Waals surface area (Å²) in [6.07, 6.45) is 2.06. The maximum Gasteiger partial charge on any atom is 0.329 e. The Kier molecular flexibility index (Phi) is 9.14. The van der Waals surface area contributed by atoms with Crippen molar-refractivity contribution in [3.63, 3.8) is 0 Å². The molecule has 0 aromatic heterocycles. The largest absolute Gasteiger partial charge is 0.483 e. The number of benzene rings is 3. The first-order valence-electron chi connectivity index (χ1n) is 10.9. The maximum atomic E-state index is 12.3. The molecule has 0 saturated heterocycles. The van der Waals surface area contributed by atoms with Gasteiger partial charge in [-0.3, -0.25) is 14.4 Å². The van der Waals surface area contributed by atoms with Crippen molar-refractivity contribution in [3.05, 3.63) is 87.9 Å². The zero-order valence-electron chi connectivity index (χ0n) is 19.3. The standard InChI is InChI=1S/C26H25BrN4O4/c1-3-18-8-4-6-10-22(18)30-25(33)26(34)31-28-15-19-9-5-7-11-23(19)35-16-24(32)29-21-13-12-20(27)14-17(21)2/h4-15H,3,16H2,1-2H3,(H,29,32)(H,30,33)(H,31,34)/b28-15-. The van der Waals surface area contributed by atoms with Gasteiger partial charge in [0.25, 0.3) is 5.91 Å². The molecular weight excluding hydrogens is 512 g/mol. The molecular formula is C26H25BrN4O4. The Morgan fingerprint density at radius 2 is 1.69 bits per heavy atom. The van der Waals surface area contributed by atoms with Crippen molar-refractivity contribution in [1.29, 1.82) is 0 Å². The van der Waals surface area contributed by atoms with Crippen LogP contribution in [0, 0.1) is 6.92 Å². The fourth-order valence-electron chi connectivity index (χ4n) is 3.16. The summed E-state index contributed by atoms with van der Waals surface area (Å²) in [6, 6.07) is 19.7. The van der Waals surface area contributed by atoms with E-state index in [1.807, 2.05) is 38.1 Å². The normalized spacial score (nSPS) is 10.6. The smallest absolute Gasteiger partial charge is 0.329 e. The quantitative estimate of drug-likeness (QED) is 0.225. The lowest BCUT2D eigenvalue weighted by Gasteiger charge is -2.11. The highest BCUT2D eigenvalue weighted by Gasteiger charge is 2.14. The minimum Gasteiger partial charge on any atom is -0.483 e. The van der Waals surface area contributed by atoms with Gasteiger partial charge in [-0.1, -0.05) is 53.2 Å². The lowest BCUT2D eigenvalue weighted by Crippen LogP contribution is -2.32. The van der Waals surface area contributed by atoms with E-state index in [-0.39, 0.29) is 12.5 Å². The van der Waals surface area contributed by atoms with Crippen LogP contribution in [0.1, 0.15) is 23.6 Å². The van der Waals surface area contributed by atoms with Crippen molar-refractivity contribution in [2.24, 2.45) is 5.10 Å². The van der Waals surface area contributed by atoms with Gasteiger partial charge in [0.1, 0.15) is 5.75 Å². The summed E-state index contributed by atoms with van der Waals surface area (Å²) in [5.74, 6) is -1.66. The molecule has 3 N–H and O–H groups in total. The molecule has 180 valence electrons. The Bertz CT molecular complexity index is 1260. The fraction of sp³-hybridized carbons (Fsp3) is 0.154. The van der Waals surface area contributed by atoms with E-state index in [4.69, 9.17) is 4.74 Å². The van der Waals surface area contributed by atoms with Gasteiger partial charge in [-0.25, -0.2) is 5.43 Å². The van der Waals surface area contributed by atoms with E-state index in [1.54, 1.807) is 42.5 Å². The second-order valence-electron chi connectivity index (χ2n) is 7.50. The molecule has 0 radical (unpaired) electrons. The summed E-state index contributed by atoms with van der Waals surface area (Å²) in [5, 5.41) is 9.24. The summed E-state index contributed by atoms with van der Waals surface area (Å²) in [6.45, 7) is 3.64. The predicted octanol–water partition coefficient (Wildman–Crippen LogP) is 4.43. The molecule has 0 atom stereocenters. The summed E-state index contributed by atoms with van der Waals surface area (Å²) in [7, 11) is 0. The number of amides is 3. The van der Waals surface area contributed by atoms with E-state index in [0.29, 0.717) is 29.1 Å². The van der Waals surface area contributed by atoms with Crippen LogP contribution in [0.4, 0.5) is 11.4 Å². The van der Waals surface area contributed by atoms with Gasteiger partial charge in [0.15, 0.2) is 6.61 Å². The second-order valence-corrected chi connectivity index (χ2v) is 8.41. The van der Waals surface area contributed by atoms with Crippen molar-refractivity contribution >= 4 is 51.2 Å². The van der Waals surface area contributed by atoms with Crippen LogP contribution < -0.4 is 20.8 Å². The second kappa shape index (κ2) is 12.5. The van der Waals surface area contributed by atoms with Gasteiger partial charge < -0.3 is 15.4 Å². The first-order valence-corrected chi connectivity index (χ1v) is 11.7. The summed E-state index contributed by atoms with van der Waals surface area (Å²) in [5.41, 5.74) is 5.84. The van der Waals surface area contributed by atoms with Crippen molar-refractivity contribution in [2.45, 2.75) is 20.3 Å². The van der Waals surface area contributed by atoms with E-state index in [2.05, 4.69) is 37.1 Å². The lowest BCUT2D eigenvalue weighted by atomic mass is 10.1. The average Bonchev–Trinajstić information content (AvgIpc) is 2.85.